The van der Waals surface area contributed by atoms with Crippen LogP contribution in [0.25, 0.3) is 0 Å². The fourth-order valence-corrected chi connectivity index (χ4v) is 3.40. The Labute approximate surface area is 107 Å². The van der Waals surface area contributed by atoms with E-state index in [1.807, 2.05) is 30.3 Å². The molecule has 2 heterocycles. The normalized spacial score (nSPS) is 23.4. The number of allylic oxidation sites excluding steroid dienone is 1. The number of hydrogen-bond donors (Lipinski definition) is 0. The lowest BCUT2D eigenvalue weighted by molar-refractivity contribution is 0.212. The van der Waals surface area contributed by atoms with Gasteiger partial charge in [0.15, 0.2) is 10.9 Å². The minimum atomic E-state index is -0.513. The molecule has 0 saturated carbocycles. The number of rotatable bonds is 1. The molecule has 0 aromatic heterocycles. The van der Waals surface area contributed by atoms with Crippen LogP contribution < -0.4 is 0 Å². The summed E-state index contributed by atoms with van der Waals surface area (Å²) in [5.41, 5.74) is 0.962. The molecule has 0 aliphatic carbocycles. The SMILES string of the molecule is ClC1=C2OCCCC2=NS(c2ccccc2)=N1. The van der Waals surface area contributed by atoms with Crippen LogP contribution in [0.15, 0.2) is 54.9 Å². The van der Waals surface area contributed by atoms with Crippen molar-refractivity contribution >= 4 is 28.2 Å². The Morgan fingerprint density at radius 1 is 1.24 bits per heavy atom. The van der Waals surface area contributed by atoms with Crippen molar-refractivity contribution in [3.05, 3.63) is 41.2 Å². The smallest absolute Gasteiger partial charge is 0.182 e. The minimum absolute atomic E-state index is 0.460. The van der Waals surface area contributed by atoms with Crippen molar-refractivity contribution in [1.82, 2.24) is 0 Å². The van der Waals surface area contributed by atoms with E-state index < -0.39 is 10.9 Å². The van der Waals surface area contributed by atoms with Crippen molar-refractivity contribution in [1.29, 1.82) is 0 Å². The standard InChI is InChI=1S/C12H11ClN2OS/c13-12-11-10(7-4-8-16-11)14-17(15-12)9-5-2-1-3-6-9/h1-3,5-6H,4,7-8H2. The fourth-order valence-electron chi connectivity index (χ4n) is 1.77. The van der Waals surface area contributed by atoms with Crippen molar-refractivity contribution in [2.24, 2.45) is 8.76 Å². The Morgan fingerprint density at radius 3 is 2.88 bits per heavy atom. The van der Waals surface area contributed by atoms with Crippen LogP contribution in [0, 0.1) is 0 Å². The summed E-state index contributed by atoms with van der Waals surface area (Å²) >= 11 is 6.15. The average molecular weight is 267 g/mol. The van der Waals surface area contributed by atoms with Gasteiger partial charge in [-0.05, 0) is 25.0 Å². The summed E-state index contributed by atoms with van der Waals surface area (Å²) in [5, 5.41) is 0.460. The molecule has 1 atom stereocenters. The maximum absolute atomic E-state index is 6.15. The molecule has 1 unspecified atom stereocenters. The molecule has 0 amide bonds. The van der Waals surface area contributed by atoms with Gasteiger partial charge in [0, 0.05) is 4.90 Å². The van der Waals surface area contributed by atoms with Gasteiger partial charge in [0.05, 0.1) is 23.2 Å². The van der Waals surface area contributed by atoms with Gasteiger partial charge in [-0.15, -0.1) is 0 Å². The lowest BCUT2D eigenvalue weighted by Gasteiger charge is -2.21. The Kier molecular flexibility index (Phi) is 2.99. The van der Waals surface area contributed by atoms with Gasteiger partial charge in [-0.1, -0.05) is 29.8 Å². The molecule has 88 valence electrons. The fraction of sp³-hybridized carbons (Fsp3) is 0.250. The van der Waals surface area contributed by atoms with Crippen LogP contribution in [0.2, 0.25) is 0 Å². The summed E-state index contributed by atoms with van der Waals surface area (Å²) in [4.78, 5) is 1.09. The summed E-state index contributed by atoms with van der Waals surface area (Å²) in [6.07, 6.45) is 1.93. The number of hydrogen-bond acceptors (Lipinski definition) is 3. The van der Waals surface area contributed by atoms with Crippen LogP contribution in [0.4, 0.5) is 0 Å². The van der Waals surface area contributed by atoms with E-state index in [4.69, 9.17) is 16.3 Å². The topological polar surface area (TPSA) is 34.0 Å². The van der Waals surface area contributed by atoms with Gasteiger partial charge in [-0.3, -0.25) is 0 Å². The maximum atomic E-state index is 6.15. The molecule has 0 N–H and O–H groups in total. The second kappa shape index (κ2) is 4.63. The molecule has 17 heavy (non-hydrogen) atoms. The molecule has 3 nitrogen and oxygen atoms in total. The summed E-state index contributed by atoms with van der Waals surface area (Å²) in [6, 6.07) is 10.0. The molecule has 5 heteroatoms. The molecule has 3 rings (SSSR count). The van der Waals surface area contributed by atoms with Crippen molar-refractivity contribution in [3.8, 4) is 0 Å². The predicted octanol–water partition coefficient (Wildman–Crippen LogP) is 3.44. The zero-order valence-electron chi connectivity index (χ0n) is 9.10. The van der Waals surface area contributed by atoms with Crippen LogP contribution >= 0.6 is 11.6 Å². The first-order chi connectivity index (χ1) is 8.34. The van der Waals surface area contributed by atoms with E-state index in [1.165, 1.54) is 0 Å². The predicted molar refractivity (Wildman–Crippen MR) is 70.0 cm³/mol. The number of benzene rings is 1. The van der Waals surface area contributed by atoms with E-state index in [-0.39, 0.29) is 0 Å². The number of fused-ring (bicyclic) bond motifs is 1. The molecule has 0 bridgehead atoms. The molecule has 0 spiro atoms. The van der Waals surface area contributed by atoms with Gasteiger partial charge in [0.1, 0.15) is 0 Å². The van der Waals surface area contributed by atoms with E-state index in [1.54, 1.807) is 0 Å². The van der Waals surface area contributed by atoms with Gasteiger partial charge in [0.25, 0.3) is 0 Å². The van der Waals surface area contributed by atoms with Crippen molar-refractivity contribution in [2.75, 3.05) is 6.61 Å². The van der Waals surface area contributed by atoms with Gasteiger partial charge in [-0.25, -0.2) is 4.40 Å². The Balaban J connectivity index is 2.04. The Morgan fingerprint density at radius 2 is 2.06 bits per heavy atom. The van der Waals surface area contributed by atoms with Crippen LogP contribution in [0.5, 0.6) is 0 Å². The Hall–Kier alpha value is -1.13. The number of halogens is 1. The first kappa shape index (κ1) is 11.0. The number of nitrogens with zero attached hydrogens (tertiary/aromatic N) is 2. The quantitative estimate of drug-likeness (QED) is 0.717. The van der Waals surface area contributed by atoms with Gasteiger partial charge in [-0.2, -0.15) is 4.36 Å². The zero-order valence-corrected chi connectivity index (χ0v) is 10.7. The molecule has 1 saturated heterocycles. The lowest BCUT2D eigenvalue weighted by atomic mass is 10.1. The van der Waals surface area contributed by atoms with E-state index >= 15 is 0 Å². The third-order valence-electron chi connectivity index (χ3n) is 2.57. The first-order valence-corrected chi connectivity index (χ1v) is 6.98. The van der Waals surface area contributed by atoms with Crippen molar-refractivity contribution in [3.63, 3.8) is 0 Å². The van der Waals surface area contributed by atoms with E-state index in [2.05, 4.69) is 8.76 Å². The van der Waals surface area contributed by atoms with Crippen LogP contribution in [-0.2, 0) is 15.6 Å². The summed E-state index contributed by atoms with van der Waals surface area (Å²) < 4.78 is 14.5. The molecular formula is C12H11ClN2OS. The van der Waals surface area contributed by atoms with Crippen molar-refractivity contribution < 1.29 is 4.74 Å². The molecule has 1 aromatic rings. The highest BCUT2D eigenvalue weighted by Gasteiger charge is 2.23. The second-order valence-corrected chi connectivity index (χ2v) is 5.50. The first-order valence-electron chi connectivity index (χ1n) is 5.46. The summed E-state index contributed by atoms with van der Waals surface area (Å²) in [6.45, 7) is 0.708. The Bertz CT molecular complexity index is 537. The average Bonchev–Trinajstić information content (AvgIpc) is 2.40. The molecule has 0 radical (unpaired) electrons. The third-order valence-corrected chi connectivity index (χ3v) is 4.37. The highest BCUT2D eigenvalue weighted by atomic mass is 35.5. The highest BCUT2D eigenvalue weighted by Crippen LogP contribution is 2.28. The van der Waals surface area contributed by atoms with Gasteiger partial charge < -0.3 is 4.74 Å². The van der Waals surface area contributed by atoms with Crippen LogP contribution in [-0.4, -0.2) is 12.3 Å². The summed E-state index contributed by atoms with van der Waals surface area (Å²) in [7, 11) is -0.513. The van der Waals surface area contributed by atoms with Crippen molar-refractivity contribution in [2.45, 2.75) is 17.7 Å². The van der Waals surface area contributed by atoms with Gasteiger partial charge in [0.2, 0.25) is 0 Å². The molecule has 1 aromatic carbocycles. The monoisotopic (exact) mass is 266 g/mol. The van der Waals surface area contributed by atoms with E-state index in [0.717, 1.165) is 23.4 Å². The second-order valence-electron chi connectivity index (χ2n) is 3.78. The molecule has 1 fully saturated rings. The van der Waals surface area contributed by atoms with E-state index in [0.29, 0.717) is 17.5 Å². The highest BCUT2D eigenvalue weighted by molar-refractivity contribution is 7.86. The third kappa shape index (κ3) is 2.15. The lowest BCUT2D eigenvalue weighted by Crippen LogP contribution is -2.18. The molecule has 2 aliphatic heterocycles. The van der Waals surface area contributed by atoms with Crippen LogP contribution in [0.3, 0.4) is 0 Å². The van der Waals surface area contributed by atoms with E-state index in [9.17, 15) is 0 Å². The number of ether oxygens (including phenoxy) is 1. The maximum Gasteiger partial charge on any atom is 0.182 e. The van der Waals surface area contributed by atoms with Crippen LogP contribution in [0.1, 0.15) is 12.8 Å². The molecular weight excluding hydrogens is 256 g/mol. The molecule has 2 aliphatic rings. The zero-order chi connectivity index (χ0) is 11.7. The largest absolute Gasteiger partial charge is 0.488 e. The minimum Gasteiger partial charge on any atom is -0.488 e. The van der Waals surface area contributed by atoms with Gasteiger partial charge >= 0.3 is 0 Å². The summed E-state index contributed by atoms with van der Waals surface area (Å²) in [5.74, 6) is 0.678.